The number of benzene rings is 1. The van der Waals surface area contributed by atoms with E-state index in [0.717, 1.165) is 35.3 Å². The number of nitrogens with zero attached hydrogens (tertiary/aromatic N) is 2. The van der Waals surface area contributed by atoms with Crippen LogP contribution in [0, 0.1) is 0 Å². The van der Waals surface area contributed by atoms with Gasteiger partial charge in [0.05, 0.1) is 0 Å². The number of ether oxygens (including phenoxy) is 1. The third-order valence-corrected chi connectivity index (χ3v) is 4.08. The zero-order chi connectivity index (χ0) is 14.4. The Bertz CT molecular complexity index is 547. The van der Waals surface area contributed by atoms with E-state index in [0.29, 0.717) is 5.02 Å². The highest BCUT2D eigenvalue weighted by atomic mass is 35.5. The van der Waals surface area contributed by atoms with Gasteiger partial charge in [0, 0.05) is 18.0 Å². The summed E-state index contributed by atoms with van der Waals surface area (Å²) in [6, 6.07) is 7.37. The largest absolute Gasteiger partial charge is 0.483 e. The van der Waals surface area contributed by atoms with Gasteiger partial charge in [0.1, 0.15) is 16.9 Å². The molecular weight excluding hydrogens is 294 g/mol. The Hall–Kier alpha value is -1.17. The molecule has 0 amide bonds. The van der Waals surface area contributed by atoms with E-state index < -0.39 is 0 Å². The Balaban J connectivity index is 1.93. The Kier molecular flexibility index (Phi) is 5.76. The monoisotopic (exact) mass is 311 g/mol. The summed E-state index contributed by atoms with van der Waals surface area (Å²) < 4.78 is 5.83. The third kappa shape index (κ3) is 4.44. The molecule has 0 aliphatic heterocycles. The predicted octanol–water partition coefficient (Wildman–Crippen LogP) is 3.48. The highest BCUT2D eigenvalue weighted by Gasteiger charge is 2.13. The summed E-state index contributed by atoms with van der Waals surface area (Å²) in [5.41, 5.74) is 0. The minimum absolute atomic E-state index is 0.126. The first kappa shape index (κ1) is 15.2. The van der Waals surface area contributed by atoms with Gasteiger partial charge in [0.2, 0.25) is 0 Å². The van der Waals surface area contributed by atoms with Crippen molar-refractivity contribution >= 4 is 22.9 Å². The van der Waals surface area contributed by atoms with E-state index in [4.69, 9.17) is 16.3 Å². The standard InChI is InChI=1S/C14H18ClN3OS/c1-3-16-8-7-13-17-18-14(20-13)10(2)19-12-6-4-5-11(15)9-12/h4-6,9-10,16H,3,7-8H2,1-2H3. The van der Waals surface area contributed by atoms with E-state index in [1.54, 1.807) is 17.4 Å². The van der Waals surface area contributed by atoms with E-state index in [1.165, 1.54) is 0 Å². The van der Waals surface area contributed by atoms with Crippen molar-refractivity contribution in [3.63, 3.8) is 0 Å². The van der Waals surface area contributed by atoms with Gasteiger partial charge in [-0.3, -0.25) is 0 Å². The van der Waals surface area contributed by atoms with Crippen molar-refractivity contribution in [1.29, 1.82) is 0 Å². The summed E-state index contributed by atoms with van der Waals surface area (Å²) in [5, 5.41) is 14.2. The molecule has 108 valence electrons. The van der Waals surface area contributed by atoms with Crippen LogP contribution in [0.3, 0.4) is 0 Å². The van der Waals surface area contributed by atoms with E-state index >= 15 is 0 Å². The minimum atomic E-state index is -0.126. The number of likely N-dealkylation sites (N-methyl/N-ethyl adjacent to an activating group) is 1. The fraction of sp³-hybridized carbons (Fsp3) is 0.429. The van der Waals surface area contributed by atoms with E-state index in [-0.39, 0.29) is 6.10 Å². The Morgan fingerprint density at radius 3 is 3.00 bits per heavy atom. The van der Waals surface area contributed by atoms with Crippen molar-refractivity contribution in [1.82, 2.24) is 15.5 Å². The normalized spacial score (nSPS) is 12.3. The average molecular weight is 312 g/mol. The Morgan fingerprint density at radius 1 is 1.40 bits per heavy atom. The summed E-state index contributed by atoms with van der Waals surface area (Å²) in [7, 11) is 0. The van der Waals surface area contributed by atoms with Gasteiger partial charge in [-0.15, -0.1) is 10.2 Å². The Labute approximate surface area is 128 Å². The fourth-order valence-electron chi connectivity index (χ4n) is 1.70. The second-order valence-electron chi connectivity index (χ2n) is 4.36. The maximum atomic E-state index is 5.94. The molecule has 0 aliphatic rings. The summed E-state index contributed by atoms with van der Waals surface area (Å²) in [6.07, 6.45) is 0.772. The second kappa shape index (κ2) is 7.57. The van der Waals surface area contributed by atoms with E-state index in [1.807, 2.05) is 25.1 Å². The van der Waals surface area contributed by atoms with Gasteiger partial charge in [-0.25, -0.2) is 0 Å². The van der Waals surface area contributed by atoms with Gasteiger partial charge < -0.3 is 10.1 Å². The molecule has 1 aromatic heterocycles. The number of aromatic nitrogens is 2. The van der Waals surface area contributed by atoms with Crippen LogP contribution in [-0.2, 0) is 6.42 Å². The molecule has 1 heterocycles. The summed E-state index contributed by atoms with van der Waals surface area (Å²) in [5.74, 6) is 0.745. The lowest BCUT2D eigenvalue weighted by molar-refractivity contribution is 0.225. The molecule has 2 aromatic rings. The van der Waals surface area contributed by atoms with Gasteiger partial charge >= 0.3 is 0 Å². The maximum Gasteiger partial charge on any atom is 0.157 e. The lowest BCUT2D eigenvalue weighted by Gasteiger charge is -2.11. The number of hydrogen-bond donors (Lipinski definition) is 1. The molecule has 4 nitrogen and oxygen atoms in total. The van der Waals surface area contributed by atoms with Gasteiger partial charge in [-0.2, -0.15) is 0 Å². The van der Waals surface area contributed by atoms with Crippen LogP contribution >= 0.6 is 22.9 Å². The number of hydrogen-bond acceptors (Lipinski definition) is 5. The fourth-order valence-corrected chi connectivity index (χ4v) is 2.70. The maximum absolute atomic E-state index is 5.94. The number of rotatable bonds is 7. The van der Waals surface area contributed by atoms with E-state index in [2.05, 4.69) is 22.4 Å². The van der Waals surface area contributed by atoms with Crippen LogP contribution in [0.4, 0.5) is 0 Å². The predicted molar refractivity (Wildman–Crippen MR) is 82.7 cm³/mol. The highest BCUT2D eigenvalue weighted by Crippen LogP contribution is 2.26. The highest BCUT2D eigenvalue weighted by molar-refractivity contribution is 7.11. The zero-order valence-electron chi connectivity index (χ0n) is 11.6. The zero-order valence-corrected chi connectivity index (χ0v) is 13.2. The summed E-state index contributed by atoms with van der Waals surface area (Å²) in [4.78, 5) is 0. The van der Waals surface area contributed by atoms with Crippen LogP contribution < -0.4 is 10.1 Å². The number of halogens is 1. The molecular formula is C14H18ClN3OS. The van der Waals surface area contributed by atoms with Crippen molar-refractivity contribution in [2.75, 3.05) is 13.1 Å². The first-order valence-corrected chi connectivity index (χ1v) is 7.83. The molecule has 6 heteroatoms. The molecule has 0 aliphatic carbocycles. The second-order valence-corrected chi connectivity index (χ2v) is 5.89. The molecule has 0 saturated carbocycles. The van der Waals surface area contributed by atoms with Gasteiger partial charge in [0.25, 0.3) is 0 Å². The van der Waals surface area contributed by atoms with Gasteiger partial charge in [-0.1, -0.05) is 35.9 Å². The average Bonchev–Trinajstić information content (AvgIpc) is 2.88. The van der Waals surface area contributed by atoms with Gasteiger partial charge in [0.15, 0.2) is 5.01 Å². The van der Waals surface area contributed by atoms with Crippen LogP contribution in [0.15, 0.2) is 24.3 Å². The van der Waals surface area contributed by atoms with Crippen LogP contribution in [0.5, 0.6) is 5.75 Å². The molecule has 0 fully saturated rings. The molecule has 2 rings (SSSR count). The summed E-state index contributed by atoms with van der Waals surface area (Å²) >= 11 is 7.53. The molecule has 0 spiro atoms. The van der Waals surface area contributed by atoms with Crippen LogP contribution in [-0.4, -0.2) is 23.3 Å². The lowest BCUT2D eigenvalue weighted by Crippen LogP contribution is -2.15. The minimum Gasteiger partial charge on any atom is -0.483 e. The van der Waals surface area contributed by atoms with Crippen LogP contribution in [0.2, 0.25) is 5.02 Å². The first-order chi connectivity index (χ1) is 9.69. The Morgan fingerprint density at radius 2 is 2.25 bits per heavy atom. The molecule has 1 N–H and O–H groups in total. The topological polar surface area (TPSA) is 47.0 Å². The van der Waals surface area contributed by atoms with Crippen molar-refractivity contribution < 1.29 is 4.74 Å². The smallest absolute Gasteiger partial charge is 0.157 e. The molecule has 0 bridgehead atoms. The molecule has 1 unspecified atom stereocenters. The molecule has 1 aromatic carbocycles. The lowest BCUT2D eigenvalue weighted by atomic mass is 10.3. The molecule has 0 radical (unpaired) electrons. The summed E-state index contributed by atoms with van der Waals surface area (Å²) in [6.45, 7) is 5.95. The quantitative estimate of drug-likeness (QED) is 0.795. The first-order valence-electron chi connectivity index (χ1n) is 6.64. The third-order valence-electron chi connectivity index (χ3n) is 2.70. The van der Waals surface area contributed by atoms with E-state index in [9.17, 15) is 0 Å². The van der Waals surface area contributed by atoms with Crippen molar-refractivity contribution in [2.24, 2.45) is 0 Å². The van der Waals surface area contributed by atoms with Crippen molar-refractivity contribution in [3.8, 4) is 5.75 Å². The van der Waals surface area contributed by atoms with Gasteiger partial charge in [-0.05, 0) is 31.7 Å². The van der Waals surface area contributed by atoms with Crippen molar-refractivity contribution in [2.45, 2.75) is 26.4 Å². The molecule has 0 saturated heterocycles. The van der Waals surface area contributed by atoms with Crippen LogP contribution in [0.25, 0.3) is 0 Å². The molecule has 1 atom stereocenters. The van der Waals surface area contributed by atoms with Crippen molar-refractivity contribution in [3.05, 3.63) is 39.3 Å². The van der Waals surface area contributed by atoms with Crippen LogP contribution in [0.1, 0.15) is 30.0 Å². The SMILES string of the molecule is CCNCCc1nnc(C(C)Oc2cccc(Cl)c2)s1. The molecule has 20 heavy (non-hydrogen) atoms. The number of nitrogens with one attached hydrogen (secondary N) is 1.